The van der Waals surface area contributed by atoms with Gasteiger partial charge in [-0.05, 0) is 39.8 Å². The molecule has 0 heterocycles. The summed E-state index contributed by atoms with van der Waals surface area (Å²) in [7, 11) is 3.37. The molecule has 2 amide bonds. The number of ketones is 2. The first kappa shape index (κ1) is 26.3. The van der Waals surface area contributed by atoms with Crippen LogP contribution in [0.25, 0.3) is 0 Å². The van der Waals surface area contributed by atoms with E-state index < -0.39 is 5.91 Å². The minimum atomic E-state index is -0.481. The van der Waals surface area contributed by atoms with E-state index in [0.29, 0.717) is 0 Å². The van der Waals surface area contributed by atoms with Crippen molar-refractivity contribution in [1.82, 2.24) is 4.90 Å². The van der Waals surface area contributed by atoms with E-state index in [1.807, 2.05) is 0 Å². The Kier molecular flexibility index (Phi) is 25.2. The van der Waals surface area contributed by atoms with Gasteiger partial charge in [-0.25, -0.2) is 0 Å². The molecule has 6 heteroatoms. The van der Waals surface area contributed by atoms with E-state index in [-0.39, 0.29) is 17.5 Å². The molecule has 0 aliphatic heterocycles. The number of carbonyl (C=O) groups excluding carboxylic acids is 4. The number of carbonyl (C=O) groups is 4. The van der Waals surface area contributed by atoms with Crippen LogP contribution in [0.2, 0.25) is 0 Å². The molecule has 0 aromatic rings. The highest BCUT2D eigenvalue weighted by Crippen LogP contribution is 1.74. The monoisotopic (exact) mass is 286 g/mol. The topological polar surface area (TPSA) is 97.5 Å². The Morgan fingerprint density at radius 1 is 0.850 bits per heavy atom. The molecule has 0 saturated carbocycles. The Bertz CT molecular complexity index is 314. The molecule has 20 heavy (non-hydrogen) atoms. The number of primary amides is 1. The van der Waals surface area contributed by atoms with Gasteiger partial charge < -0.3 is 20.2 Å². The number of likely N-dealkylation sites (N-methyl/N-ethyl adjacent to an activating group) is 1. The number of Topliss-reactive ketones (excluding diaryl/α,β-unsaturated/α-hetero) is 2. The minimum absolute atomic E-state index is 0.0556. The molecular weight excluding hydrogens is 260 g/mol. The lowest BCUT2D eigenvalue weighted by Gasteiger charge is -2.03. The Labute approximate surface area is 121 Å². The average molecular weight is 286 g/mol. The van der Waals surface area contributed by atoms with Crippen molar-refractivity contribution < 1.29 is 19.2 Å². The molecule has 0 rings (SSSR count). The van der Waals surface area contributed by atoms with E-state index >= 15 is 0 Å². The van der Waals surface area contributed by atoms with Crippen LogP contribution in [-0.2, 0) is 19.2 Å². The third-order valence-electron chi connectivity index (χ3n) is 0.817. The number of amides is 2. The van der Waals surface area contributed by atoms with Crippen molar-refractivity contribution in [3.05, 3.63) is 25.3 Å². The lowest BCUT2D eigenvalue weighted by atomic mass is 10.5. The standard InChI is InChI=1S/C5H9NO.C3H5NO.2C3H6O/c1-4-5(7)6(2)3;1-2-3(4)5;2*1-3(2)4/h4H,1H2,2-3H3;2H,1H2,(H2,4,5);2*1-2H3. The van der Waals surface area contributed by atoms with E-state index in [1.54, 1.807) is 14.1 Å². The molecule has 116 valence electrons. The highest BCUT2D eigenvalue weighted by atomic mass is 16.2. The van der Waals surface area contributed by atoms with Crippen LogP contribution in [0.5, 0.6) is 0 Å². The number of nitrogens with two attached hydrogens (primary N) is 1. The fourth-order valence-electron chi connectivity index (χ4n) is 0.183. The maximum absolute atomic E-state index is 10.3. The predicted octanol–water partition coefficient (Wildman–Crippen LogP) is 1.11. The molecule has 0 aliphatic carbocycles. The van der Waals surface area contributed by atoms with Crippen LogP contribution < -0.4 is 5.73 Å². The predicted molar refractivity (Wildman–Crippen MR) is 81.0 cm³/mol. The van der Waals surface area contributed by atoms with Crippen LogP contribution >= 0.6 is 0 Å². The largest absolute Gasteiger partial charge is 0.366 e. The van der Waals surface area contributed by atoms with E-state index in [2.05, 4.69) is 18.9 Å². The number of nitrogens with zero attached hydrogens (tertiary/aromatic N) is 1. The summed E-state index contributed by atoms with van der Waals surface area (Å²) >= 11 is 0. The first-order chi connectivity index (χ1) is 8.91. The summed E-state index contributed by atoms with van der Waals surface area (Å²) in [5.41, 5.74) is 4.53. The van der Waals surface area contributed by atoms with Crippen LogP contribution in [0.1, 0.15) is 27.7 Å². The zero-order valence-electron chi connectivity index (χ0n) is 13.2. The highest BCUT2D eigenvalue weighted by molar-refractivity contribution is 5.86. The second kappa shape index (κ2) is 19.1. The van der Waals surface area contributed by atoms with Crippen molar-refractivity contribution in [2.75, 3.05) is 14.1 Å². The van der Waals surface area contributed by atoms with E-state index in [4.69, 9.17) is 0 Å². The first-order valence-electron chi connectivity index (χ1n) is 5.62. The quantitative estimate of drug-likeness (QED) is 0.769. The van der Waals surface area contributed by atoms with Crippen molar-refractivity contribution in [1.29, 1.82) is 0 Å². The van der Waals surface area contributed by atoms with Gasteiger partial charge in [0.25, 0.3) is 0 Å². The fourth-order valence-corrected chi connectivity index (χ4v) is 0.183. The molecule has 0 fully saturated rings. The van der Waals surface area contributed by atoms with Gasteiger partial charge in [-0.15, -0.1) is 0 Å². The Balaban J connectivity index is -0.0000000883. The first-order valence-corrected chi connectivity index (χ1v) is 5.62. The van der Waals surface area contributed by atoms with Gasteiger partial charge in [-0.2, -0.15) is 0 Å². The van der Waals surface area contributed by atoms with Gasteiger partial charge in [0.15, 0.2) is 0 Å². The molecule has 0 bridgehead atoms. The average Bonchev–Trinajstić information content (AvgIpc) is 2.27. The van der Waals surface area contributed by atoms with Gasteiger partial charge in [-0.3, -0.25) is 9.59 Å². The summed E-state index contributed by atoms with van der Waals surface area (Å²) in [4.78, 5) is 40.1. The smallest absolute Gasteiger partial charge is 0.245 e. The van der Waals surface area contributed by atoms with Crippen LogP contribution in [0, 0.1) is 0 Å². The van der Waals surface area contributed by atoms with E-state index in [0.717, 1.165) is 6.08 Å². The van der Waals surface area contributed by atoms with Gasteiger partial charge in [-0.1, -0.05) is 13.2 Å². The lowest BCUT2D eigenvalue weighted by molar-refractivity contribution is -0.123. The van der Waals surface area contributed by atoms with Gasteiger partial charge in [0.05, 0.1) is 0 Å². The SMILES string of the molecule is C=CC(=O)N(C)C.C=CC(N)=O.CC(C)=O.CC(C)=O. The Hall–Kier alpha value is -2.24. The normalized spacial score (nSPS) is 6.90. The second-order valence-corrected chi connectivity index (χ2v) is 3.86. The fraction of sp³-hybridized carbons (Fsp3) is 0.429. The van der Waals surface area contributed by atoms with Gasteiger partial charge in [0.2, 0.25) is 11.8 Å². The van der Waals surface area contributed by atoms with Crippen molar-refractivity contribution in [3.8, 4) is 0 Å². The minimum Gasteiger partial charge on any atom is -0.366 e. The molecular formula is C14H26N2O4. The molecule has 0 aromatic heterocycles. The molecule has 0 unspecified atom stereocenters. The summed E-state index contributed by atoms with van der Waals surface area (Å²) in [6.07, 6.45) is 2.33. The summed E-state index contributed by atoms with van der Waals surface area (Å²) in [5, 5.41) is 0. The van der Waals surface area contributed by atoms with Crippen LogP contribution in [0.3, 0.4) is 0 Å². The van der Waals surface area contributed by atoms with E-state index in [1.165, 1.54) is 38.7 Å². The third kappa shape index (κ3) is 103. The van der Waals surface area contributed by atoms with Crippen molar-refractivity contribution in [2.45, 2.75) is 27.7 Å². The summed E-state index contributed by atoms with van der Waals surface area (Å²) in [6.45, 7) is 12.5. The van der Waals surface area contributed by atoms with Gasteiger partial charge in [0.1, 0.15) is 11.6 Å². The van der Waals surface area contributed by atoms with Crippen LogP contribution in [-0.4, -0.2) is 42.4 Å². The number of hydrogen-bond acceptors (Lipinski definition) is 4. The third-order valence-corrected chi connectivity index (χ3v) is 0.817. The second-order valence-electron chi connectivity index (χ2n) is 3.86. The van der Waals surface area contributed by atoms with Gasteiger partial charge in [0, 0.05) is 14.1 Å². The summed E-state index contributed by atoms with van der Waals surface area (Å²) in [6, 6.07) is 0. The zero-order chi connectivity index (χ0) is 17.3. The molecule has 0 radical (unpaired) electrons. The Morgan fingerprint density at radius 3 is 1.05 bits per heavy atom. The summed E-state index contributed by atoms with van der Waals surface area (Å²) in [5.74, 6) is -0.204. The number of rotatable bonds is 2. The molecule has 0 saturated heterocycles. The molecule has 0 aliphatic rings. The maximum Gasteiger partial charge on any atom is 0.245 e. The highest BCUT2D eigenvalue weighted by Gasteiger charge is 1.91. The Morgan fingerprint density at radius 2 is 1.05 bits per heavy atom. The molecule has 0 aromatic carbocycles. The lowest BCUT2D eigenvalue weighted by Crippen LogP contribution is -2.18. The molecule has 6 nitrogen and oxygen atoms in total. The van der Waals surface area contributed by atoms with Crippen molar-refractivity contribution in [3.63, 3.8) is 0 Å². The van der Waals surface area contributed by atoms with Crippen molar-refractivity contribution >= 4 is 23.4 Å². The molecule has 0 atom stereocenters. The molecule has 2 N–H and O–H groups in total. The number of hydrogen-bond donors (Lipinski definition) is 1. The van der Waals surface area contributed by atoms with Crippen molar-refractivity contribution in [2.24, 2.45) is 5.73 Å². The van der Waals surface area contributed by atoms with Crippen LogP contribution in [0.4, 0.5) is 0 Å². The maximum atomic E-state index is 10.3. The van der Waals surface area contributed by atoms with Crippen LogP contribution in [0.15, 0.2) is 25.3 Å². The van der Waals surface area contributed by atoms with Gasteiger partial charge >= 0.3 is 0 Å². The van der Waals surface area contributed by atoms with E-state index in [9.17, 15) is 19.2 Å². The summed E-state index contributed by atoms with van der Waals surface area (Å²) < 4.78 is 0. The zero-order valence-corrected chi connectivity index (χ0v) is 13.2. The molecule has 0 spiro atoms.